The van der Waals surface area contributed by atoms with Crippen molar-refractivity contribution in [2.24, 2.45) is 0 Å². The predicted molar refractivity (Wildman–Crippen MR) is 82.3 cm³/mol. The van der Waals surface area contributed by atoms with E-state index in [1.165, 1.54) is 5.56 Å². The van der Waals surface area contributed by atoms with Crippen molar-refractivity contribution in [3.05, 3.63) is 47.0 Å². The molecule has 2 unspecified atom stereocenters. The lowest BCUT2D eigenvalue weighted by molar-refractivity contribution is 0.139. The van der Waals surface area contributed by atoms with E-state index in [4.69, 9.17) is 18.9 Å². The minimum absolute atomic E-state index is 0.0274. The Morgan fingerprint density at radius 1 is 1.00 bits per heavy atom. The summed E-state index contributed by atoms with van der Waals surface area (Å²) in [6, 6.07) is 10.0. The number of hydrogen-bond acceptors (Lipinski definition) is 4. The van der Waals surface area contributed by atoms with E-state index < -0.39 is 0 Å². The van der Waals surface area contributed by atoms with E-state index in [1.54, 1.807) is 14.2 Å². The molecule has 0 N–H and O–H groups in total. The second kappa shape index (κ2) is 4.83. The maximum absolute atomic E-state index is 6.20. The van der Waals surface area contributed by atoms with Crippen molar-refractivity contribution in [2.75, 3.05) is 20.8 Å². The summed E-state index contributed by atoms with van der Waals surface area (Å²) in [5.74, 6) is 3.64. The summed E-state index contributed by atoms with van der Waals surface area (Å²) in [5, 5.41) is 0. The first-order valence-corrected chi connectivity index (χ1v) is 7.37. The molecule has 22 heavy (non-hydrogen) atoms. The van der Waals surface area contributed by atoms with Crippen molar-refractivity contribution in [1.82, 2.24) is 0 Å². The first kappa shape index (κ1) is 13.3. The lowest BCUT2D eigenvalue weighted by atomic mass is 9.89. The molecule has 0 saturated heterocycles. The van der Waals surface area contributed by atoms with Crippen molar-refractivity contribution < 1.29 is 18.9 Å². The van der Waals surface area contributed by atoms with Gasteiger partial charge in [-0.2, -0.15) is 0 Å². The molecule has 2 aliphatic heterocycles. The van der Waals surface area contributed by atoms with Crippen molar-refractivity contribution in [3.8, 4) is 23.0 Å². The molecule has 4 nitrogen and oxygen atoms in total. The van der Waals surface area contributed by atoms with Gasteiger partial charge in [0.05, 0.1) is 26.7 Å². The molecule has 0 radical (unpaired) electrons. The minimum atomic E-state index is -0.0274. The number of ether oxygens (including phenoxy) is 4. The number of fused-ring (bicyclic) bond motifs is 5. The van der Waals surface area contributed by atoms with Gasteiger partial charge in [0.15, 0.2) is 0 Å². The summed E-state index contributed by atoms with van der Waals surface area (Å²) < 4.78 is 22.9. The van der Waals surface area contributed by atoms with Gasteiger partial charge in [-0.1, -0.05) is 6.07 Å². The predicted octanol–water partition coefficient (Wildman–Crippen LogP) is 3.62. The van der Waals surface area contributed by atoms with Crippen molar-refractivity contribution >= 4 is 0 Å². The van der Waals surface area contributed by atoms with Crippen LogP contribution in [0.3, 0.4) is 0 Å². The monoisotopic (exact) mass is 298 g/mol. The maximum atomic E-state index is 6.20. The van der Waals surface area contributed by atoms with Gasteiger partial charge in [-0.25, -0.2) is 0 Å². The highest BCUT2D eigenvalue weighted by atomic mass is 16.5. The zero-order valence-electron chi connectivity index (χ0n) is 12.9. The van der Waals surface area contributed by atoms with Gasteiger partial charge in [0.2, 0.25) is 0 Å². The van der Waals surface area contributed by atoms with Crippen LogP contribution in [0.25, 0.3) is 0 Å². The Balaban J connectivity index is 1.78. The fraction of sp³-hybridized carbons (Fsp3) is 0.333. The molecule has 0 aliphatic carbocycles. The van der Waals surface area contributed by atoms with E-state index in [0.717, 1.165) is 34.1 Å². The number of aryl methyl sites for hydroxylation is 1. The highest BCUT2D eigenvalue weighted by molar-refractivity contribution is 5.54. The number of hydrogen-bond donors (Lipinski definition) is 0. The lowest BCUT2D eigenvalue weighted by Gasteiger charge is -2.28. The van der Waals surface area contributed by atoms with E-state index in [-0.39, 0.29) is 12.0 Å². The number of benzene rings is 2. The van der Waals surface area contributed by atoms with Crippen molar-refractivity contribution in [1.29, 1.82) is 0 Å². The summed E-state index contributed by atoms with van der Waals surface area (Å²) >= 11 is 0. The lowest BCUT2D eigenvalue weighted by Crippen LogP contribution is -2.23. The van der Waals surface area contributed by atoms with Gasteiger partial charge in [0.1, 0.15) is 29.1 Å². The fourth-order valence-corrected chi connectivity index (χ4v) is 3.31. The van der Waals surface area contributed by atoms with Crippen LogP contribution >= 0.6 is 0 Å². The van der Waals surface area contributed by atoms with Gasteiger partial charge in [0, 0.05) is 17.2 Å². The van der Waals surface area contributed by atoms with Gasteiger partial charge in [-0.15, -0.1) is 0 Å². The smallest absolute Gasteiger partial charge is 0.138 e. The molecule has 2 aliphatic rings. The third kappa shape index (κ3) is 1.83. The molecule has 2 aromatic rings. The van der Waals surface area contributed by atoms with Gasteiger partial charge in [0.25, 0.3) is 0 Å². The molecular weight excluding hydrogens is 280 g/mol. The summed E-state index contributed by atoms with van der Waals surface area (Å²) in [5.41, 5.74) is 3.29. The zero-order valence-corrected chi connectivity index (χ0v) is 12.9. The first-order chi connectivity index (χ1) is 10.7. The Morgan fingerprint density at radius 2 is 1.86 bits per heavy atom. The van der Waals surface area contributed by atoms with E-state index in [1.807, 2.05) is 31.2 Å². The third-order valence-corrected chi connectivity index (χ3v) is 4.49. The van der Waals surface area contributed by atoms with Crippen LogP contribution in [-0.4, -0.2) is 20.8 Å². The van der Waals surface area contributed by atoms with Crippen LogP contribution in [0.4, 0.5) is 0 Å². The van der Waals surface area contributed by atoms with Crippen molar-refractivity contribution in [3.63, 3.8) is 0 Å². The van der Waals surface area contributed by atoms with Gasteiger partial charge < -0.3 is 18.9 Å². The van der Waals surface area contributed by atoms with Crippen LogP contribution in [0, 0.1) is 6.92 Å². The van der Waals surface area contributed by atoms with Crippen LogP contribution in [0.5, 0.6) is 23.0 Å². The zero-order chi connectivity index (χ0) is 15.3. The molecule has 0 saturated carbocycles. The normalized spacial score (nSPS) is 21.0. The molecule has 4 rings (SSSR count). The standard InChI is InChI=1S/C18H18O4/c1-10-6-16-13(8-15(10)20-3)18-14(9-21-16)12-5-4-11(19-2)7-17(12)22-18/h4-8,14,18H,9H2,1-3H3. The fourth-order valence-electron chi connectivity index (χ4n) is 3.31. The molecule has 0 amide bonds. The Bertz CT molecular complexity index is 738. The van der Waals surface area contributed by atoms with E-state index in [2.05, 4.69) is 6.07 Å². The average Bonchev–Trinajstić information content (AvgIpc) is 2.91. The van der Waals surface area contributed by atoms with Gasteiger partial charge >= 0.3 is 0 Å². The number of rotatable bonds is 2. The first-order valence-electron chi connectivity index (χ1n) is 7.37. The second-order valence-electron chi connectivity index (χ2n) is 5.72. The van der Waals surface area contributed by atoms with E-state index >= 15 is 0 Å². The Hall–Kier alpha value is -2.36. The van der Waals surface area contributed by atoms with Crippen LogP contribution < -0.4 is 18.9 Å². The van der Waals surface area contributed by atoms with Gasteiger partial charge in [-0.05, 0) is 30.7 Å². The Kier molecular flexibility index (Phi) is 2.93. The van der Waals surface area contributed by atoms with E-state index in [0.29, 0.717) is 6.61 Å². The van der Waals surface area contributed by atoms with Crippen molar-refractivity contribution in [2.45, 2.75) is 18.9 Å². The molecule has 2 atom stereocenters. The Labute approximate surface area is 129 Å². The molecule has 114 valence electrons. The van der Waals surface area contributed by atoms with E-state index in [9.17, 15) is 0 Å². The summed E-state index contributed by atoms with van der Waals surface area (Å²) in [7, 11) is 3.35. The van der Waals surface area contributed by atoms with Crippen LogP contribution in [0.15, 0.2) is 30.3 Å². The quantitative estimate of drug-likeness (QED) is 0.848. The van der Waals surface area contributed by atoms with Crippen LogP contribution in [0.2, 0.25) is 0 Å². The van der Waals surface area contributed by atoms with Crippen LogP contribution in [-0.2, 0) is 0 Å². The molecule has 2 aromatic carbocycles. The molecule has 0 bridgehead atoms. The SMILES string of the molecule is COc1ccc2c(c1)OC1c3cc(OC)c(C)cc3OCC21. The molecule has 0 spiro atoms. The van der Waals surface area contributed by atoms with Gasteiger partial charge in [-0.3, -0.25) is 0 Å². The maximum Gasteiger partial charge on any atom is 0.138 e. The Morgan fingerprint density at radius 3 is 2.64 bits per heavy atom. The topological polar surface area (TPSA) is 36.9 Å². The summed E-state index contributed by atoms with van der Waals surface area (Å²) in [6.07, 6.45) is -0.0274. The number of methoxy groups -OCH3 is 2. The second-order valence-corrected chi connectivity index (χ2v) is 5.72. The molecular formula is C18H18O4. The molecule has 4 heteroatoms. The third-order valence-electron chi connectivity index (χ3n) is 4.49. The summed E-state index contributed by atoms with van der Waals surface area (Å²) in [4.78, 5) is 0. The molecule has 2 heterocycles. The van der Waals surface area contributed by atoms with Crippen LogP contribution in [0.1, 0.15) is 28.7 Å². The highest BCUT2D eigenvalue weighted by Gasteiger charge is 2.41. The molecule has 0 fully saturated rings. The average molecular weight is 298 g/mol. The highest BCUT2D eigenvalue weighted by Crippen LogP contribution is 2.52. The molecule has 0 aromatic heterocycles. The summed E-state index contributed by atoms with van der Waals surface area (Å²) in [6.45, 7) is 2.65. The largest absolute Gasteiger partial charge is 0.497 e. The minimum Gasteiger partial charge on any atom is -0.497 e.